The van der Waals surface area contributed by atoms with Crippen molar-refractivity contribution < 1.29 is 0 Å². The summed E-state index contributed by atoms with van der Waals surface area (Å²) in [4.78, 5) is 28.8. The highest BCUT2D eigenvalue weighted by atomic mass is 35.5. The van der Waals surface area contributed by atoms with Gasteiger partial charge < -0.3 is 5.84 Å². The Morgan fingerprint density at radius 2 is 1.72 bits per heavy atom. The molecule has 0 unspecified atom stereocenters. The van der Waals surface area contributed by atoms with Crippen LogP contribution in [-0.2, 0) is 6.42 Å². The minimum Gasteiger partial charge on any atom is -0.336 e. The van der Waals surface area contributed by atoms with Gasteiger partial charge in [0, 0.05) is 15.6 Å². The second-order valence-corrected chi connectivity index (χ2v) is 11.2. The quantitative estimate of drug-likeness (QED) is 0.259. The van der Waals surface area contributed by atoms with E-state index in [2.05, 4.69) is 11.1 Å². The largest absolute Gasteiger partial charge is 0.336 e. The summed E-state index contributed by atoms with van der Waals surface area (Å²) in [5, 5.41) is 10.1. The number of benzene rings is 2. The number of nitrogens with zero attached hydrogens (tertiary/aromatic N) is 5. The molecule has 6 aromatic rings. The third-order valence-corrected chi connectivity index (χ3v) is 8.54. The van der Waals surface area contributed by atoms with Gasteiger partial charge in [-0.1, -0.05) is 58.8 Å². The molecule has 0 amide bonds. The molecule has 0 spiro atoms. The van der Waals surface area contributed by atoms with E-state index in [-0.39, 0.29) is 11.0 Å². The van der Waals surface area contributed by atoms with Crippen LogP contribution >= 0.6 is 34.5 Å². The van der Waals surface area contributed by atoms with E-state index in [9.17, 15) is 4.79 Å². The van der Waals surface area contributed by atoms with Gasteiger partial charge in [-0.05, 0) is 71.9 Å². The van der Waals surface area contributed by atoms with Crippen LogP contribution in [0.25, 0.3) is 49.1 Å². The van der Waals surface area contributed by atoms with Crippen LogP contribution in [0.4, 0.5) is 0 Å². The lowest BCUT2D eigenvalue weighted by Crippen LogP contribution is -2.27. The van der Waals surface area contributed by atoms with Crippen molar-refractivity contribution >= 4 is 72.5 Å². The van der Waals surface area contributed by atoms with Crippen molar-refractivity contribution in [3.63, 3.8) is 0 Å². The first-order chi connectivity index (χ1) is 18.9. The van der Waals surface area contributed by atoms with Crippen LogP contribution in [0.5, 0.6) is 0 Å². The number of halogens is 2. The van der Waals surface area contributed by atoms with Crippen molar-refractivity contribution in [2.45, 2.75) is 19.3 Å². The van der Waals surface area contributed by atoms with E-state index in [4.69, 9.17) is 44.4 Å². The SMILES string of the molecule is N=c1c2sc3nc4nc5c(c(-c6ccc(Cl)cc6)c4c(=O)n3c2ncn1N)CCC/C5=C\c1ccc(Cl)cc1. The first kappa shape index (κ1) is 24.0. The van der Waals surface area contributed by atoms with Gasteiger partial charge in [0.05, 0.1) is 11.1 Å². The molecule has 0 saturated carbocycles. The zero-order chi connectivity index (χ0) is 26.8. The molecule has 2 aromatic carbocycles. The number of aromatic nitrogens is 5. The molecule has 0 atom stereocenters. The maximum absolute atomic E-state index is 14.2. The normalized spacial score (nSPS) is 14.5. The Morgan fingerprint density at radius 1 is 1.00 bits per heavy atom. The molecule has 39 heavy (non-hydrogen) atoms. The second-order valence-electron chi connectivity index (χ2n) is 9.38. The van der Waals surface area contributed by atoms with Crippen molar-refractivity contribution in [2.75, 3.05) is 5.84 Å². The van der Waals surface area contributed by atoms with Crippen molar-refractivity contribution in [2.24, 2.45) is 0 Å². The first-order valence-corrected chi connectivity index (χ1v) is 13.8. The number of nitrogens with one attached hydrogen (secondary N) is 1. The van der Waals surface area contributed by atoms with Crippen LogP contribution in [0.1, 0.15) is 29.7 Å². The van der Waals surface area contributed by atoms with Crippen LogP contribution in [-0.4, -0.2) is 24.0 Å². The molecule has 0 bridgehead atoms. The molecule has 7 rings (SSSR count). The fourth-order valence-corrected chi connectivity index (χ4v) is 6.47. The Labute approximate surface area is 235 Å². The van der Waals surface area contributed by atoms with Gasteiger partial charge in [-0.25, -0.2) is 19.0 Å². The fourth-order valence-electron chi connectivity index (χ4n) is 5.21. The molecule has 0 saturated heterocycles. The number of nitrogens with two attached hydrogens (primary N) is 1. The topological polar surface area (TPSA) is 115 Å². The Balaban J connectivity index is 1.61. The van der Waals surface area contributed by atoms with Gasteiger partial charge >= 0.3 is 0 Å². The van der Waals surface area contributed by atoms with Crippen LogP contribution in [0, 0.1) is 5.41 Å². The zero-order valence-electron chi connectivity index (χ0n) is 20.3. The molecule has 0 fully saturated rings. The maximum Gasteiger partial charge on any atom is 0.270 e. The number of thiazole rings is 1. The van der Waals surface area contributed by atoms with E-state index in [1.165, 1.54) is 22.1 Å². The van der Waals surface area contributed by atoms with Gasteiger partial charge in [-0.2, -0.15) is 4.98 Å². The van der Waals surface area contributed by atoms with Crippen molar-refractivity contribution in [3.8, 4) is 11.1 Å². The maximum atomic E-state index is 14.2. The third-order valence-electron chi connectivity index (χ3n) is 7.00. The van der Waals surface area contributed by atoms with Gasteiger partial charge in [0.2, 0.25) is 4.96 Å². The molecule has 8 nitrogen and oxygen atoms in total. The summed E-state index contributed by atoms with van der Waals surface area (Å²) >= 11 is 13.5. The predicted molar refractivity (Wildman–Crippen MR) is 157 cm³/mol. The molecular formula is C28H19Cl2N7OS. The number of allylic oxidation sites excluding steroid dienone is 1. The summed E-state index contributed by atoms with van der Waals surface area (Å²) in [6.45, 7) is 0. The van der Waals surface area contributed by atoms with Crippen LogP contribution in [0.15, 0.2) is 59.7 Å². The van der Waals surface area contributed by atoms with E-state index in [1.807, 2.05) is 48.5 Å². The number of nitrogen functional groups attached to an aromatic ring is 1. The number of pyridine rings is 1. The van der Waals surface area contributed by atoms with Crippen LogP contribution < -0.4 is 16.9 Å². The smallest absolute Gasteiger partial charge is 0.270 e. The number of hydrogen-bond acceptors (Lipinski definition) is 7. The molecular weight excluding hydrogens is 553 g/mol. The summed E-state index contributed by atoms with van der Waals surface area (Å²) in [5.74, 6) is 5.86. The highest BCUT2D eigenvalue weighted by Crippen LogP contribution is 2.40. The Kier molecular flexibility index (Phi) is 5.55. The molecule has 0 radical (unpaired) electrons. The second kappa shape index (κ2) is 9.01. The fraction of sp³-hybridized carbons (Fsp3) is 0.107. The van der Waals surface area contributed by atoms with E-state index in [1.54, 1.807) is 0 Å². The summed E-state index contributed by atoms with van der Waals surface area (Å²) in [6, 6.07) is 15.2. The summed E-state index contributed by atoms with van der Waals surface area (Å²) in [5.41, 5.74) is 6.08. The van der Waals surface area contributed by atoms with E-state index >= 15 is 0 Å². The van der Waals surface area contributed by atoms with Gasteiger partial charge in [0.25, 0.3) is 5.56 Å². The monoisotopic (exact) mass is 571 g/mol. The van der Waals surface area contributed by atoms with Crippen LogP contribution in [0.2, 0.25) is 10.0 Å². The average molecular weight is 572 g/mol. The highest BCUT2D eigenvalue weighted by Gasteiger charge is 2.26. The molecule has 1 aliphatic carbocycles. The number of fused-ring (bicyclic) bond motifs is 5. The van der Waals surface area contributed by atoms with Crippen LogP contribution in [0.3, 0.4) is 0 Å². The lowest BCUT2D eigenvalue weighted by atomic mass is 9.84. The molecule has 1 aliphatic rings. The van der Waals surface area contributed by atoms with Crippen molar-refractivity contribution in [3.05, 3.63) is 97.6 Å². The number of hydrogen-bond donors (Lipinski definition) is 2. The molecule has 3 N–H and O–H groups in total. The standard InChI is InChI=1S/C28H19Cl2N7OS/c29-17-8-4-14(5-9-17)12-16-2-1-3-19-20(15-6-10-18(30)11-7-15)21-25(34-22(16)19)35-28-37(27(21)38)26-23(39-28)24(31)36(32)13-33-26/h4-13,31H,1-3,32H2/b16-12+,31-24?. The van der Waals surface area contributed by atoms with Gasteiger partial charge in [0.1, 0.15) is 11.0 Å². The summed E-state index contributed by atoms with van der Waals surface area (Å²) < 4.78 is 3.05. The summed E-state index contributed by atoms with van der Waals surface area (Å²) in [7, 11) is 0. The van der Waals surface area contributed by atoms with Crippen molar-refractivity contribution in [1.82, 2.24) is 24.0 Å². The zero-order valence-corrected chi connectivity index (χ0v) is 22.6. The number of rotatable bonds is 2. The molecule has 192 valence electrons. The van der Waals surface area contributed by atoms with E-state index in [0.29, 0.717) is 36.4 Å². The summed E-state index contributed by atoms with van der Waals surface area (Å²) in [6.07, 6.45) is 5.98. The minimum absolute atomic E-state index is 0.0531. The van der Waals surface area contributed by atoms with Gasteiger partial charge in [0.15, 0.2) is 16.8 Å². The Hall–Kier alpha value is -4.05. The van der Waals surface area contributed by atoms with E-state index in [0.717, 1.165) is 57.5 Å². The lowest BCUT2D eigenvalue weighted by Gasteiger charge is -2.23. The highest BCUT2D eigenvalue weighted by molar-refractivity contribution is 7.23. The first-order valence-electron chi connectivity index (χ1n) is 12.2. The Morgan fingerprint density at radius 3 is 2.46 bits per heavy atom. The third kappa shape index (κ3) is 3.84. The van der Waals surface area contributed by atoms with Gasteiger partial charge in [-0.3, -0.25) is 10.2 Å². The molecule has 11 heteroatoms. The predicted octanol–water partition coefficient (Wildman–Crippen LogP) is 5.70. The molecule has 0 aliphatic heterocycles. The average Bonchev–Trinajstić information content (AvgIpc) is 3.31. The van der Waals surface area contributed by atoms with Crippen molar-refractivity contribution in [1.29, 1.82) is 5.41 Å². The van der Waals surface area contributed by atoms with Gasteiger partial charge in [-0.15, -0.1) is 0 Å². The minimum atomic E-state index is -0.281. The Bertz CT molecular complexity index is 2110. The molecule has 4 aromatic heterocycles. The molecule has 4 heterocycles. The lowest BCUT2D eigenvalue weighted by molar-refractivity contribution is 0.815. The van der Waals surface area contributed by atoms with E-state index < -0.39 is 0 Å².